The first-order chi connectivity index (χ1) is 18.1. The Balaban J connectivity index is 1.73. The van der Waals surface area contributed by atoms with Crippen molar-refractivity contribution in [2.75, 3.05) is 26.7 Å². The third-order valence-electron chi connectivity index (χ3n) is 6.83. The molecule has 1 aliphatic rings. The van der Waals surface area contributed by atoms with Gasteiger partial charge < -0.3 is 9.84 Å². The lowest BCUT2D eigenvalue weighted by Gasteiger charge is -2.37. The fraction of sp³-hybridized carbons (Fsp3) is 0.345. The smallest absolute Gasteiger partial charge is 0.247 e. The van der Waals surface area contributed by atoms with Crippen molar-refractivity contribution >= 4 is 10.0 Å². The van der Waals surface area contributed by atoms with E-state index in [1.54, 1.807) is 43.3 Å². The molecule has 0 unspecified atom stereocenters. The highest BCUT2D eigenvalue weighted by molar-refractivity contribution is 7.89. The maximum atomic E-state index is 13.7. The van der Waals surface area contributed by atoms with Gasteiger partial charge in [-0.05, 0) is 67.1 Å². The average Bonchev–Trinajstić information content (AvgIpc) is 2.90. The highest BCUT2D eigenvalue weighted by Crippen LogP contribution is 2.36. The molecule has 1 N–H and O–H groups in total. The number of nitrogens with zero attached hydrogens (tertiary/aromatic N) is 3. The van der Waals surface area contributed by atoms with Crippen LogP contribution in [0.15, 0.2) is 71.6 Å². The Labute approximate surface area is 223 Å². The van der Waals surface area contributed by atoms with Gasteiger partial charge in [-0.2, -0.15) is 9.57 Å². The first-order valence-corrected chi connectivity index (χ1v) is 13.9. The zero-order valence-electron chi connectivity index (χ0n) is 21.7. The summed E-state index contributed by atoms with van der Waals surface area (Å²) in [4.78, 5) is 2.05. The second kappa shape index (κ2) is 11.6. The molecule has 0 bridgehead atoms. The van der Waals surface area contributed by atoms with Crippen LogP contribution in [0, 0.1) is 23.1 Å². The lowest BCUT2D eigenvalue weighted by Crippen LogP contribution is -2.49. The summed E-state index contributed by atoms with van der Waals surface area (Å²) in [6.07, 6.45) is -0.392. The number of likely N-dealkylation sites (N-methyl/N-ethyl adjacent to an activating group) is 1. The van der Waals surface area contributed by atoms with E-state index in [9.17, 15) is 23.2 Å². The van der Waals surface area contributed by atoms with Crippen LogP contribution in [0.4, 0.5) is 4.39 Å². The number of nitriles is 1. The molecule has 0 saturated heterocycles. The van der Waals surface area contributed by atoms with E-state index in [0.29, 0.717) is 18.7 Å². The summed E-state index contributed by atoms with van der Waals surface area (Å²) < 4.78 is 48.9. The number of fused-ring (bicyclic) bond motifs is 1. The number of hydrogen-bond donors (Lipinski definition) is 1. The van der Waals surface area contributed by atoms with Crippen LogP contribution < -0.4 is 4.74 Å². The molecule has 3 aromatic rings. The van der Waals surface area contributed by atoms with Gasteiger partial charge in [0.2, 0.25) is 10.0 Å². The van der Waals surface area contributed by atoms with Crippen molar-refractivity contribution in [3.63, 3.8) is 0 Å². The number of hydrogen-bond acceptors (Lipinski definition) is 6. The highest BCUT2D eigenvalue weighted by Gasteiger charge is 2.38. The molecule has 0 fully saturated rings. The molecule has 0 aromatic heterocycles. The molecule has 0 saturated carbocycles. The van der Waals surface area contributed by atoms with Crippen LogP contribution >= 0.6 is 0 Å². The van der Waals surface area contributed by atoms with Gasteiger partial charge in [0.1, 0.15) is 22.6 Å². The standard InChI is InChI=1S/C29H32FN3O4S/c1-20-16-33(21(2)19-34)38(35,36)29-11-10-25(24-8-4-6-22(12-24)15-31)14-27(29)37-28(20)18-32(3)17-23-7-5-9-26(30)13-23/h4-14,20-21,28,34H,16-19H2,1-3H3/t20-,21+,28-/m0/s1. The van der Waals surface area contributed by atoms with E-state index in [1.807, 2.05) is 31.0 Å². The van der Waals surface area contributed by atoms with Crippen LogP contribution in [0.5, 0.6) is 5.75 Å². The first kappa shape index (κ1) is 27.7. The Hall–Kier alpha value is -3.29. The Morgan fingerprint density at radius 2 is 1.89 bits per heavy atom. The zero-order chi connectivity index (χ0) is 27.4. The number of benzene rings is 3. The minimum Gasteiger partial charge on any atom is -0.487 e. The summed E-state index contributed by atoms with van der Waals surface area (Å²) in [6, 6.07) is 19.9. The van der Waals surface area contributed by atoms with E-state index < -0.39 is 22.2 Å². The molecule has 1 aliphatic heterocycles. The highest BCUT2D eigenvalue weighted by atomic mass is 32.2. The number of aliphatic hydroxyl groups is 1. The Morgan fingerprint density at radius 1 is 1.16 bits per heavy atom. The van der Waals surface area contributed by atoms with E-state index in [-0.39, 0.29) is 35.5 Å². The van der Waals surface area contributed by atoms with Crippen molar-refractivity contribution in [3.8, 4) is 22.9 Å². The minimum absolute atomic E-state index is 0.0303. The lowest BCUT2D eigenvalue weighted by molar-refractivity contribution is 0.0734. The van der Waals surface area contributed by atoms with Crippen LogP contribution in [0.3, 0.4) is 0 Å². The normalized spacial score (nSPS) is 20.0. The van der Waals surface area contributed by atoms with Crippen molar-refractivity contribution in [1.82, 2.24) is 9.21 Å². The van der Waals surface area contributed by atoms with Gasteiger partial charge in [-0.25, -0.2) is 12.8 Å². The molecule has 4 rings (SSSR count). The van der Waals surface area contributed by atoms with E-state index in [0.717, 1.165) is 16.7 Å². The van der Waals surface area contributed by atoms with Gasteiger partial charge in [-0.1, -0.05) is 37.3 Å². The number of aliphatic hydroxyl groups excluding tert-OH is 1. The predicted octanol–water partition coefficient (Wildman–Crippen LogP) is 4.26. The average molecular weight is 538 g/mol. The molecule has 1 heterocycles. The molecule has 9 heteroatoms. The topological polar surface area (TPSA) is 93.9 Å². The van der Waals surface area contributed by atoms with Crippen molar-refractivity contribution in [2.24, 2.45) is 5.92 Å². The fourth-order valence-electron chi connectivity index (χ4n) is 4.71. The zero-order valence-corrected chi connectivity index (χ0v) is 22.5. The van der Waals surface area contributed by atoms with E-state index in [2.05, 4.69) is 6.07 Å². The van der Waals surface area contributed by atoms with E-state index in [4.69, 9.17) is 4.74 Å². The molecular formula is C29H32FN3O4S. The molecule has 200 valence electrons. The van der Waals surface area contributed by atoms with Gasteiger partial charge in [0.15, 0.2) is 0 Å². The molecule has 0 amide bonds. The summed E-state index contributed by atoms with van der Waals surface area (Å²) in [6.45, 7) is 4.43. The van der Waals surface area contributed by atoms with Gasteiger partial charge >= 0.3 is 0 Å². The van der Waals surface area contributed by atoms with Crippen LogP contribution in [0.2, 0.25) is 0 Å². The lowest BCUT2D eigenvalue weighted by atomic mass is 10.0. The number of sulfonamides is 1. The molecule has 38 heavy (non-hydrogen) atoms. The van der Waals surface area contributed by atoms with Crippen molar-refractivity contribution in [2.45, 2.75) is 37.4 Å². The largest absolute Gasteiger partial charge is 0.487 e. The van der Waals surface area contributed by atoms with Crippen molar-refractivity contribution in [1.29, 1.82) is 5.26 Å². The Kier molecular flexibility index (Phi) is 8.48. The quantitative estimate of drug-likeness (QED) is 0.484. The fourth-order valence-corrected chi connectivity index (χ4v) is 6.54. The molecule has 0 radical (unpaired) electrons. The summed E-state index contributed by atoms with van der Waals surface area (Å²) in [5.74, 6) is -0.296. The monoisotopic (exact) mass is 537 g/mol. The second-order valence-corrected chi connectivity index (χ2v) is 11.8. The molecule has 7 nitrogen and oxygen atoms in total. The summed E-state index contributed by atoms with van der Waals surface area (Å²) in [7, 11) is -2.05. The van der Waals surface area contributed by atoms with Crippen LogP contribution in [-0.4, -0.2) is 61.6 Å². The first-order valence-electron chi connectivity index (χ1n) is 12.5. The maximum absolute atomic E-state index is 13.7. The molecule has 3 aromatic carbocycles. The van der Waals surface area contributed by atoms with Crippen LogP contribution in [0.25, 0.3) is 11.1 Å². The van der Waals surface area contributed by atoms with Gasteiger partial charge in [0, 0.05) is 31.6 Å². The SMILES string of the molecule is C[C@H](CO)N1C[C@H](C)[C@H](CN(C)Cc2cccc(F)c2)Oc2cc(-c3cccc(C#N)c3)ccc2S1(=O)=O. The van der Waals surface area contributed by atoms with Gasteiger partial charge in [-0.15, -0.1) is 0 Å². The summed E-state index contributed by atoms with van der Waals surface area (Å²) >= 11 is 0. The maximum Gasteiger partial charge on any atom is 0.247 e. The van der Waals surface area contributed by atoms with Crippen LogP contribution in [0.1, 0.15) is 25.0 Å². The molecule has 0 aliphatic carbocycles. The Bertz CT molecular complexity index is 1440. The minimum atomic E-state index is -3.96. The number of halogens is 1. The Morgan fingerprint density at radius 3 is 2.61 bits per heavy atom. The van der Waals surface area contributed by atoms with Gasteiger partial charge in [-0.3, -0.25) is 4.90 Å². The van der Waals surface area contributed by atoms with E-state index in [1.165, 1.54) is 22.5 Å². The summed E-state index contributed by atoms with van der Waals surface area (Å²) in [5.41, 5.74) is 2.81. The molecular weight excluding hydrogens is 505 g/mol. The second-order valence-electron chi connectivity index (χ2n) is 9.92. The van der Waals surface area contributed by atoms with Crippen LogP contribution in [-0.2, 0) is 16.6 Å². The third kappa shape index (κ3) is 6.05. The predicted molar refractivity (Wildman–Crippen MR) is 143 cm³/mol. The van der Waals surface area contributed by atoms with Gasteiger partial charge in [0.05, 0.1) is 18.2 Å². The van der Waals surface area contributed by atoms with Crippen molar-refractivity contribution < 1.29 is 22.7 Å². The third-order valence-corrected chi connectivity index (χ3v) is 8.84. The number of rotatable bonds is 7. The van der Waals surface area contributed by atoms with E-state index >= 15 is 0 Å². The number of ether oxygens (including phenoxy) is 1. The van der Waals surface area contributed by atoms with Crippen molar-refractivity contribution in [3.05, 3.63) is 83.7 Å². The molecule has 0 spiro atoms. The molecule has 3 atom stereocenters. The van der Waals surface area contributed by atoms with Gasteiger partial charge in [0.25, 0.3) is 0 Å². The summed E-state index contributed by atoms with van der Waals surface area (Å²) in [5, 5.41) is 19.2.